The average Bonchev–Trinajstić information content (AvgIpc) is 2.61. The number of carbonyl (C=O) groups is 1. The summed E-state index contributed by atoms with van der Waals surface area (Å²) in [4.78, 5) is 12.8. The molecule has 122 valence electrons. The van der Waals surface area contributed by atoms with E-state index < -0.39 is 5.41 Å². The highest BCUT2D eigenvalue weighted by Crippen LogP contribution is 2.40. The lowest BCUT2D eigenvalue weighted by Crippen LogP contribution is -2.35. The second-order valence-electron chi connectivity index (χ2n) is 6.12. The molecule has 1 atom stereocenters. The molecule has 1 aliphatic rings. The van der Waals surface area contributed by atoms with E-state index in [1.165, 1.54) is 0 Å². The molecule has 2 aromatic carbocycles. The van der Waals surface area contributed by atoms with Crippen molar-refractivity contribution >= 4 is 33.9 Å². The Balaban J connectivity index is 1.86. The zero-order chi connectivity index (χ0) is 17.2. The van der Waals surface area contributed by atoms with Gasteiger partial charge in [0.05, 0.1) is 17.0 Å². The fourth-order valence-corrected chi connectivity index (χ4v) is 3.75. The summed E-state index contributed by atoms with van der Waals surface area (Å²) in [6.07, 6.45) is 6.68. The molecule has 2 aromatic rings. The van der Waals surface area contributed by atoms with E-state index in [0.717, 1.165) is 22.4 Å². The van der Waals surface area contributed by atoms with Gasteiger partial charge >= 0.3 is 0 Å². The maximum Gasteiger partial charge on any atom is 0.180 e. The lowest BCUT2D eigenvalue weighted by atomic mass is 9.71. The van der Waals surface area contributed by atoms with Crippen LogP contribution >= 0.6 is 15.9 Å². The maximum absolute atomic E-state index is 12.8. The van der Waals surface area contributed by atoms with E-state index in [0.29, 0.717) is 10.9 Å². The molecule has 0 unspecified atom stereocenters. The van der Waals surface area contributed by atoms with E-state index in [4.69, 9.17) is 4.74 Å². The van der Waals surface area contributed by atoms with E-state index in [1.807, 2.05) is 61.5 Å². The first-order chi connectivity index (χ1) is 11.5. The van der Waals surface area contributed by atoms with Gasteiger partial charge in [0.25, 0.3) is 0 Å². The maximum atomic E-state index is 12.8. The molecule has 0 bridgehead atoms. The third kappa shape index (κ3) is 3.09. The highest BCUT2D eigenvalue weighted by atomic mass is 79.9. The molecule has 0 N–H and O–H groups in total. The number of benzene rings is 2. The first-order valence-corrected chi connectivity index (χ1v) is 8.66. The van der Waals surface area contributed by atoms with Crippen LogP contribution < -0.4 is 4.74 Å². The monoisotopic (exact) mass is 382 g/mol. The number of fused-ring (bicyclic) bond motifs is 1. The molecule has 0 aromatic heterocycles. The number of carbonyl (C=O) groups excluding carboxylic acids is 1. The van der Waals surface area contributed by atoms with Gasteiger partial charge < -0.3 is 4.74 Å². The molecule has 3 heteroatoms. The van der Waals surface area contributed by atoms with Gasteiger partial charge in [-0.05, 0) is 64.2 Å². The summed E-state index contributed by atoms with van der Waals surface area (Å²) >= 11 is 3.43. The van der Waals surface area contributed by atoms with Crippen LogP contribution in [0.25, 0.3) is 12.2 Å². The molecule has 0 spiro atoms. The molecule has 1 aliphatic carbocycles. The Hall–Kier alpha value is -2.13. The minimum atomic E-state index is -0.548. The number of allylic oxidation sites excluding steroid dienone is 2. The van der Waals surface area contributed by atoms with Gasteiger partial charge in [0.2, 0.25) is 0 Å². The van der Waals surface area contributed by atoms with Gasteiger partial charge in [-0.15, -0.1) is 0 Å². The zero-order valence-electron chi connectivity index (χ0n) is 13.8. The van der Waals surface area contributed by atoms with Gasteiger partial charge in [-0.2, -0.15) is 0 Å². The van der Waals surface area contributed by atoms with Gasteiger partial charge in [-0.1, -0.05) is 48.6 Å². The zero-order valence-corrected chi connectivity index (χ0v) is 15.3. The molecule has 0 aliphatic heterocycles. The minimum absolute atomic E-state index is 0.126. The Kier molecular flexibility index (Phi) is 4.72. The summed E-state index contributed by atoms with van der Waals surface area (Å²) in [6, 6.07) is 16.0. The van der Waals surface area contributed by atoms with Crippen LogP contribution in [0.5, 0.6) is 5.75 Å². The first kappa shape index (κ1) is 16.7. The van der Waals surface area contributed by atoms with E-state index in [-0.39, 0.29) is 5.78 Å². The Morgan fingerprint density at radius 3 is 2.54 bits per heavy atom. The van der Waals surface area contributed by atoms with Crippen molar-refractivity contribution in [3.8, 4) is 5.75 Å². The van der Waals surface area contributed by atoms with Crippen LogP contribution in [-0.2, 0) is 10.2 Å². The van der Waals surface area contributed by atoms with E-state index in [9.17, 15) is 4.79 Å². The normalized spacial score (nSPS) is 20.0. The third-order valence-corrected chi connectivity index (χ3v) is 5.10. The van der Waals surface area contributed by atoms with Crippen LogP contribution in [0.1, 0.15) is 30.0 Å². The molecule has 0 saturated heterocycles. The topological polar surface area (TPSA) is 26.3 Å². The number of rotatable bonds is 4. The molecular weight excluding hydrogens is 364 g/mol. The fraction of sp³-hybridized carbons (Fsp3) is 0.190. The summed E-state index contributed by atoms with van der Waals surface area (Å²) in [6.45, 7) is 2.01. The van der Waals surface area contributed by atoms with Crippen molar-refractivity contribution in [2.45, 2.75) is 18.8 Å². The van der Waals surface area contributed by atoms with Gasteiger partial charge in [0.1, 0.15) is 5.75 Å². The molecule has 0 saturated carbocycles. The summed E-state index contributed by atoms with van der Waals surface area (Å²) in [5, 5.41) is 0. The van der Waals surface area contributed by atoms with Gasteiger partial charge in [0.15, 0.2) is 5.78 Å². The number of halogens is 1. The van der Waals surface area contributed by atoms with Gasteiger partial charge in [-0.25, -0.2) is 0 Å². The number of ether oxygens (including phenoxy) is 1. The standard InChI is InChI=1S/C21H19BrO2/c1-21(13-5-6-15-9-11-17(24-2)12-10-15)18-8-4-3-7-16(18)14-19(22)20(21)23/h3-12,14H,13H2,1-2H3/b6-5+/t21-/m0/s1. The smallest absolute Gasteiger partial charge is 0.180 e. The largest absolute Gasteiger partial charge is 0.497 e. The third-order valence-electron chi connectivity index (χ3n) is 4.51. The van der Waals surface area contributed by atoms with Crippen LogP contribution in [-0.4, -0.2) is 12.9 Å². The average molecular weight is 383 g/mol. The van der Waals surface area contributed by atoms with Crippen LogP contribution in [0, 0.1) is 0 Å². The van der Waals surface area contributed by atoms with Crippen molar-refractivity contribution in [2.24, 2.45) is 0 Å². The molecule has 3 rings (SSSR count). The van der Waals surface area contributed by atoms with Crippen LogP contribution in [0.3, 0.4) is 0 Å². The lowest BCUT2D eigenvalue weighted by Gasteiger charge is -2.32. The summed E-state index contributed by atoms with van der Waals surface area (Å²) in [5.74, 6) is 0.963. The molecular formula is C21H19BrO2. The molecule has 0 radical (unpaired) electrons. The highest BCUT2D eigenvalue weighted by Gasteiger charge is 2.39. The van der Waals surface area contributed by atoms with E-state index in [1.54, 1.807) is 7.11 Å². The lowest BCUT2D eigenvalue weighted by molar-refractivity contribution is -0.119. The molecule has 0 heterocycles. The Bertz CT molecular complexity index is 818. The predicted molar refractivity (Wildman–Crippen MR) is 102 cm³/mol. The molecule has 0 fully saturated rings. The van der Waals surface area contributed by atoms with Crippen molar-refractivity contribution in [3.63, 3.8) is 0 Å². The number of methoxy groups -OCH3 is 1. The second kappa shape index (κ2) is 6.78. The Morgan fingerprint density at radius 1 is 1.12 bits per heavy atom. The molecule has 24 heavy (non-hydrogen) atoms. The summed E-state index contributed by atoms with van der Waals surface area (Å²) < 4.78 is 5.81. The number of hydrogen-bond donors (Lipinski definition) is 0. The van der Waals surface area contributed by atoms with E-state index >= 15 is 0 Å². The SMILES string of the molecule is COc1ccc(/C=C/C[C@]2(C)C(=O)C(Br)=Cc3ccccc32)cc1. The Labute approximate surface area is 151 Å². The Morgan fingerprint density at radius 2 is 1.83 bits per heavy atom. The van der Waals surface area contributed by atoms with Crippen molar-refractivity contribution < 1.29 is 9.53 Å². The molecule has 0 amide bonds. The second-order valence-corrected chi connectivity index (χ2v) is 6.97. The minimum Gasteiger partial charge on any atom is -0.497 e. The van der Waals surface area contributed by atoms with Crippen molar-refractivity contribution in [1.29, 1.82) is 0 Å². The number of ketones is 1. The van der Waals surface area contributed by atoms with Crippen molar-refractivity contribution in [1.82, 2.24) is 0 Å². The van der Waals surface area contributed by atoms with E-state index in [2.05, 4.69) is 28.1 Å². The van der Waals surface area contributed by atoms with Crippen LogP contribution in [0.4, 0.5) is 0 Å². The summed E-state index contributed by atoms with van der Waals surface area (Å²) in [5.41, 5.74) is 2.72. The summed E-state index contributed by atoms with van der Waals surface area (Å²) in [7, 11) is 1.66. The van der Waals surface area contributed by atoms with Crippen molar-refractivity contribution in [3.05, 3.63) is 75.8 Å². The highest BCUT2D eigenvalue weighted by molar-refractivity contribution is 9.12. The van der Waals surface area contributed by atoms with Crippen molar-refractivity contribution in [2.75, 3.05) is 7.11 Å². The number of hydrogen-bond acceptors (Lipinski definition) is 2. The van der Waals surface area contributed by atoms with Crippen LogP contribution in [0.2, 0.25) is 0 Å². The molecule has 2 nitrogen and oxygen atoms in total. The van der Waals surface area contributed by atoms with Gasteiger partial charge in [-0.3, -0.25) is 4.79 Å². The quantitative estimate of drug-likeness (QED) is 0.709. The van der Waals surface area contributed by atoms with Gasteiger partial charge in [0, 0.05) is 0 Å². The number of Topliss-reactive ketones (excluding diaryl/α,β-unsaturated/α-hetero) is 1. The predicted octanol–water partition coefficient (Wildman–Crippen LogP) is 5.37. The fourth-order valence-electron chi connectivity index (χ4n) is 3.06. The first-order valence-electron chi connectivity index (χ1n) is 7.87. The van der Waals surface area contributed by atoms with Crippen LogP contribution in [0.15, 0.2) is 59.1 Å².